The molecular weight excluding hydrogens is 1300 g/mol. The molecule has 11 aromatic rings. The predicted octanol–water partition coefficient (Wildman–Crippen LogP) is 11.6. The lowest BCUT2D eigenvalue weighted by atomic mass is 10.0. The first kappa shape index (κ1) is 72.6. The van der Waals surface area contributed by atoms with Gasteiger partial charge in [0.15, 0.2) is 0 Å². The van der Waals surface area contributed by atoms with Crippen molar-refractivity contribution in [2.45, 2.75) is 144 Å². The Kier molecular flexibility index (Phi) is 23.0. The Bertz CT molecular complexity index is 4720. The number of hydrogen-bond acceptors (Lipinski definition) is 11. The predicted molar refractivity (Wildman–Crippen MR) is 418 cm³/mol. The molecule has 20 nitrogen and oxygen atoms in total. The molecule has 4 amide bonds. The van der Waals surface area contributed by atoms with Gasteiger partial charge in [-0.1, -0.05) is 52.6 Å². The van der Waals surface area contributed by atoms with Crippen LogP contribution in [0.5, 0.6) is 0 Å². The molecule has 5 N–H and O–H groups in total. The molecule has 1 fully saturated rings. The summed E-state index contributed by atoms with van der Waals surface area (Å²) in [6.07, 6.45) is 16.5. The molecule has 0 spiro atoms. The summed E-state index contributed by atoms with van der Waals surface area (Å²) in [5.41, 5.74) is 23.1. The highest BCUT2D eigenvalue weighted by Crippen LogP contribution is 2.36. The normalized spacial score (nSPS) is 15.5. The summed E-state index contributed by atoms with van der Waals surface area (Å²) in [5.74, 6) is 0.819. The van der Waals surface area contributed by atoms with Crippen molar-refractivity contribution >= 4 is 78.7 Å². The van der Waals surface area contributed by atoms with Gasteiger partial charge < -0.3 is 69.0 Å². The number of hydrogen-bond donors (Lipinski definition) is 5. The minimum absolute atomic E-state index is 0.000612. The lowest BCUT2D eigenvalue weighted by Gasteiger charge is -2.25. The second kappa shape index (κ2) is 33.0. The molecule has 16 rings (SSSR count). The summed E-state index contributed by atoms with van der Waals surface area (Å²) >= 11 is 0. The molecule has 0 bridgehead atoms. The first-order chi connectivity index (χ1) is 50.4. The second-order valence-electron chi connectivity index (χ2n) is 29.6. The highest BCUT2D eigenvalue weighted by atomic mass is 16.2. The van der Waals surface area contributed by atoms with E-state index in [2.05, 4.69) is 203 Å². The van der Waals surface area contributed by atoms with Gasteiger partial charge in [-0.25, -0.2) is 4.98 Å². The maximum Gasteiger partial charge on any atom is 0.252 e. The summed E-state index contributed by atoms with van der Waals surface area (Å²) in [6, 6.07) is 38.0. The van der Waals surface area contributed by atoms with E-state index in [1.165, 1.54) is 111 Å². The molecule has 0 radical (unpaired) electrons. The number of nitrogens with zero attached hydrogens (tertiary/aromatic N) is 11. The molecule has 5 aliphatic heterocycles. The average molecular weight is 1400 g/mol. The fourth-order valence-electron chi connectivity index (χ4n) is 16.0. The molecule has 0 unspecified atom stereocenters. The van der Waals surface area contributed by atoms with Crippen LogP contribution in [0.15, 0.2) is 140 Å². The van der Waals surface area contributed by atoms with Crippen LogP contribution in [0, 0.1) is 27.7 Å². The van der Waals surface area contributed by atoms with Gasteiger partial charge in [-0.3, -0.25) is 24.2 Å². The number of nitrogens with one attached hydrogen (secondary N) is 5. The van der Waals surface area contributed by atoms with Crippen LogP contribution in [0.2, 0.25) is 0 Å². The molecule has 544 valence electrons. The molecule has 104 heavy (non-hydrogen) atoms. The third-order valence-electron chi connectivity index (χ3n) is 21.4. The van der Waals surface area contributed by atoms with Crippen LogP contribution in [0.3, 0.4) is 0 Å². The Balaban J connectivity index is 0.000000123. The zero-order chi connectivity index (χ0) is 72.5. The Morgan fingerprint density at radius 2 is 0.885 bits per heavy atom. The maximum atomic E-state index is 12.5. The summed E-state index contributed by atoms with van der Waals surface area (Å²) < 4.78 is 11.4. The number of piperidine rings is 1. The lowest BCUT2D eigenvalue weighted by molar-refractivity contribution is -0.122. The highest BCUT2D eigenvalue weighted by Gasteiger charge is 2.28. The van der Waals surface area contributed by atoms with Crippen molar-refractivity contribution in [1.82, 2.24) is 68.4 Å². The van der Waals surface area contributed by atoms with Gasteiger partial charge in [0.1, 0.15) is 5.82 Å². The van der Waals surface area contributed by atoms with Gasteiger partial charge in [0.05, 0.1) is 5.56 Å². The lowest BCUT2D eigenvalue weighted by Crippen LogP contribution is -2.42. The van der Waals surface area contributed by atoms with Gasteiger partial charge >= 0.3 is 0 Å². The first-order valence-corrected chi connectivity index (χ1v) is 37.4. The number of pyridine rings is 2. The number of aryl methyl sites for hydroxylation is 8. The molecule has 4 aromatic carbocycles. The van der Waals surface area contributed by atoms with Gasteiger partial charge in [0, 0.05) is 246 Å². The van der Waals surface area contributed by atoms with Crippen molar-refractivity contribution in [3.8, 4) is 0 Å². The molecule has 0 aliphatic carbocycles. The van der Waals surface area contributed by atoms with Gasteiger partial charge in [0.25, 0.3) is 5.91 Å². The van der Waals surface area contributed by atoms with Crippen LogP contribution >= 0.6 is 0 Å². The number of rotatable bonds is 16. The van der Waals surface area contributed by atoms with E-state index in [0.717, 1.165) is 123 Å². The minimum Gasteiger partial charge on any atom is -0.356 e. The van der Waals surface area contributed by atoms with Crippen LogP contribution in [-0.2, 0) is 99.5 Å². The summed E-state index contributed by atoms with van der Waals surface area (Å²) in [4.78, 5) is 67.1. The molecule has 12 heterocycles. The standard InChI is InChI=1S/C21H26N4O.C21H30N4O.2C21H24N4O/c1-15-4-5-19-17(12-15)18-14-24(3)10-7-20(18)25(19)11-8-22-21(26)16-6-9-23(2)13-16;2*1-15-3-4-19-17(13-15)18-14-24(2)11-7-20(18)25(19)12-8-21(26)23-16-5-9-22-10-6-16;1-15-6-7-18-16(13-15)17-14-24(2)11-8-19(17)25(18)12-9-21(26)23-20-5-3-4-10-22-20/h4-6,9,12-13H,7-8,10-11,14H2,1-3H3,(H,22,26);3-4,13,16,22H,5-12,14H2,1-2H3,(H,23,26);3-6,9-10,13H,7-8,11-12,14H2,1-2H3,(H,22,23,26);3-7,10,13H,8-9,11-12,14H2,1-2H3,(H,22,23,26). The molecule has 7 aromatic heterocycles. The Morgan fingerprint density at radius 1 is 0.471 bits per heavy atom. The van der Waals surface area contributed by atoms with Gasteiger partial charge in [-0.15, -0.1) is 0 Å². The monoisotopic (exact) mass is 1400 g/mol. The summed E-state index contributed by atoms with van der Waals surface area (Å²) in [6.45, 7) is 22.4. The van der Waals surface area contributed by atoms with Crippen LogP contribution in [0.1, 0.15) is 110 Å². The largest absolute Gasteiger partial charge is 0.356 e. The summed E-state index contributed by atoms with van der Waals surface area (Å²) in [5, 5.41) is 20.8. The van der Waals surface area contributed by atoms with Crippen LogP contribution in [-0.4, -0.2) is 156 Å². The number of aromatic nitrogens is 7. The van der Waals surface area contributed by atoms with E-state index in [9.17, 15) is 19.2 Å². The average Bonchev–Trinajstić information content (AvgIpc) is 1.63. The SMILES string of the molecule is Cc1ccc2c(c1)c1c(n2CCC(=O)NC2CCNCC2)CCN(C)C1.Cc1ccc2c(c1)c1c(n2CCC(=O)Nc2ccccn2)CCN(C)C1.Cc1ccc2c(c1)c1c(n2CCC(=O)Nc2ccncc2)CCN(C)C1.Cc1ccc2c(c1)c1c(n2CCNC(=O)c2ccn(C)c2)CCN(C)C1. The third kappa shape index (κ3) is 17.1. The zero-order valence-corrected chi connectivity index (χ0v) is 62.4. The van der Waals surface area contributed by atoms with E-state index < -0.39 is 0 Å². The Morgan fingerprint density at radius 3 is 1.29 bits per heavy atom. The number of anilines is 2. The van der Waals surface area contributed by atoms with E-state index in [-0.39, 0.29) is 23.6 Å². The van der Waals surface area contributed by atoms with Crippen molar-refractivity contribution in [3.63, 3.8) is 0 Å². The van der Waals surface area contributed by atoms with Gasteiger partial charge in [-0.2, -0.15) is 0 Å². The Labute approximate surface area is 611 Å². The fourth-order valence-corrected chi connectivity index (χ4v) is 16.0. The van der Waals surface area contributed by atoms with E-state index in [1.54, 1.807) is 18.6 Å². The quantitative estimate of drug-likeness (QED) is 0.0618. The van der Waals surface area contributed by atoms with Crippen molar-refractivity contribution in [2.75, 3.05) is 84.6 Å². The highest BCUT2D eigenvalue weighted by molar-refractivity contribution is 5.95. The van der Waals surface area contributed by atoms with Crippen LogP contribution < -0.4 is 26.6 Å². The number of carbonyl (C=O) groups excluding carboxylic acids is 4. The number of benzene rings is 4. The number of fused-ring (bicyclic) bond motifs is 12. The maximum absolute atomic E-state index is 12.5. The van der Waals surface area contributed by atoms with Crippen molar-refractivity contribution in [1.29, 1.82) is 0 Å². The third-order valence-corrected chi connectivity index (χ3v) is 21.4. The van der Waals surface area contributed by atoms with E-state index in [0.29, 0.717) is 56.3 Å². The van der Waals surface area contributed by atoms with Crippen LogP contribution in [0.25, 0.3) is 43.6 Å². The first-order valence-electron chi connectivity index (χ1n) is 37.4. The molecule has 5 aliphatic rings. The Hall–Kier alpha value is -9.70. The van der Waals surface area contributed by atoms with E-state index in [1.807, 2.05) is 60.4 Å². The molecule has 20 heteroatoms. The molecule has 0 atom stereocenters. The number of amides is 4. The van der Waals surface area contributed by atoms with Gasteiger partial charge in [0.2, 0.25) is 17.7 Å². The number of carbonyl (C=O) groups is 4. The minimum atomic E-state index is -0.00786. The van der Waals surface area contributed by atoms with Crippen molar-refractivity contribution in [2.24, 2.45) is 7.05 Å². The van der Waals surface area contributed by atoms with Gasteiger partial charge in [-0.05, 0) is 183 Å². The zero-order valence-electron chi connectivity index (χ0n) is 62.4. The van der Waals surface area contributed by atoms with Crippen molar-refractivity contribution in [3.05, 3.63) is 213 Å². The molecule has 1 saturated heterocycles. The van der Waals surface area contributed by atoms with E-state index >= 15 is 0 Å². The molecule has 0 saturated carbocycles. The number of likely N-dealkylation sites (N-methyl/N-ethyl adjacent to an activating group) is 4. The molecular formula is C84H104N16O4. The van der Waals surface area contributed by atoms with E-state index in [4.69, 9.17) is 0 Å². The topological polar surface area (TPSA) is 192 Å². The second-order valence-corrected chi connectivity index (χ2v) is 29.6. The smallest absolute Gasteiger partial charge is 0.252 e. The summed E-state index contributed by atoms with van der Waals surface area (Å²) in [7, 11) is 10.6. The van der Waals surface area contributed by atoms with Crippen molar-refractivity contribution < 1.29 is 19.2 Å². The fraction of sp³-hybridized carbons (Fsp3) is 0.405. The van der Waals surface area contributed by atoms with Crippen LogP contribution in [0.4, 0.5) is 11.5 Å².